The molecular formula is C19H25ClN2O2. The second-order valence-electron chi connectivity index (χ2n) is 5.69. The van der Waals surface area contributed by atoms with Gasteiger partial charge in [-0.3, -0.25) is 4.79 Å². The Hall–Kier alpha value is -1.88. The minimum atomic E-state index is -0.720. The lowest BCUT2D eigenvalue weighted by atomic mass is 10.0. The zero-order valence-corrected chi connectivity index (χ0v) is 14.9. The third-order valence-electron chi connectivity index (χ3n) is 3.97. The summed E-state index contributed by atoms with van der Waals surface area (Å²) in [5.41, 5.74) is 8.79. The molecule has 0 spiro atoms. The van der Waals surface area contributed by atoms with Gasteiger partial charge in [-0.05, 0) is 25.0 Å². The van der Waals surface area contributed by atoms with Crippen molar-refractivity contribution in [3.8, 4) is 0 Å². The van der Waals surface area contributed by atoms with E-state index in [4.69, 9.17) is 5.73 Å². The fourth-order valence-electron chi connectivity index (χ4n) is 2.48. The summed E-state index contributed by atoms with van der Waals surface area (Å²) in [6.07, 6.45) is -0.720. The number of benzene rings is 2. The van der Waals surface area contributed by atoms with Crippen LogP contribution < -0.4 is 5.73 Å². The average Bonchev–Trinajstić information content (AvgIpc) is 2.59. The molecule has 24 heavy (non-hydrogen) atoms. The van der Waals surface area contributed by atoms with E-state index in [0.717, 1.165) is 16.7 Å². The van der Waals surface area contributed by atoms with Crippen LogP contribution in [0.2, 0.25) is 0 Å². The van der Waals surface area contributed by atoms with E-state index >= 15 is 0 Å². The number of hydrogen-bond acceptors (Lipinski definition) is 3. The van der Waals surface area contributed by atoms with Crippen molar-refractivity contribution in [3.05, 3.63) is 71.3 Å². The summed E-state index contributed by atoms with van der Waals surface area (Å²) < 4.78 is 0. The van der Waals surface area contributed by atoms with E-state index < -0.39 is 12.1 Å². The van der Waals surface area contributed by atoms with E-state index in [0.29, 0.717) is 6.54 Å². The van der Waals surface area contributed by atoms with Gasteiger partial charge in [0.15, 0.2) is 0 Å². The van der Waals surface area contributed by atoms with Gasteiger partial charge < -0.3 is 15.7 Å². The molecule has 2 atom stereocenters. The van der Waals surface area contributed by atoms with Crippen molar-refractivity contribution in [1.29, 1.82) is 0 Å². The molecule has 4 nitrogen and oxygen atoms in total. The Balaban J connectivity index is 0.00000288. The monoisotopic (exact) mass is 348 g/mol. The zero-order valence-electron chi connectivity index (χ0n) is 14.1. The highest BCUT2D eigenvalue weighted by atomic mass is 35.5. The summed E-state index contributed by atoms with van der Waals surface area (Å²) in [6, 6.07) is 16.3. The van der Waals surface area contributed by atoms with Gasteiger partial charge in [0.1, 0.15) is 6.04 Å². The molecule has 0 saturated carbocycles. The molecule has 2 unspecified atom stereocenters. The quantitative estimate of drug-likeness (QED) is 0.843. The fourth-order valence-corrected chi connectivity index (χ4v) is 2.48. The highest BCUT2D eigenvalue weighted by Gasteiger charge is 2.23. The van der Waals surface area contributed by atoms with Crippen LogP contribution in [-0.4, -0.2) is 29.0 Å². The summed E-state index contributed by atoms with van der Waals surface area (Å²) in [4.78, 5) is 14.2. The molecule has 0 radical (unpaired) electrons. The average molecular weight is 349 g/mol. The molecule has 1 amide bonds. The lowest BCUT2D eigenvalue weighted by molar-refractivity contribution is -0.134. The number of likely N-dealkylation sites (N-methyl/N-ethyl adjacent to an activating group) is 1. The minimum absolute atomic E-state index is 0. The predicted molar refractivity (Wildman–Crippen MR) is 99.0 cm³/mol. The Morgan fingerprint density at radius 2 is 1.67 bits per heavy atom. The van der Waals surface area contributed by atoms with Gasteiger partial charge in [-0.25, -0.2) is 0 Å². The summed E-state index contributed by atoms with van der Waals surface area (Å²) in [6.45, 7) is 4.62. The van der Waals surface area contributed by atoms with Crippen LogP contribution in [0.25, 0.3) is 0 Å². The van der Waals surface area contributed by atoms with E-state index in [2.05, 4.69) is 0 Å². The van der Waals surface area contributed by atoms with E-state index in [-0.39, 0.29) is 24.9 Å². The molecule has 0 heterocycles. The molecule has 0 aliphatic rings. The molecule has 5 heteroatoms. The number of carbonyl (C=O) groups excluding carboxylic acids is 1. The number of carbonyl (C=O) groups is 1. The van der Waals surface area contributed by atoms with Crippen LogP contribution in [0.15, 0.2) is 54.6 Å². The Morgan fingerprint density at radius 3 is 2.21 bits per heavy atom. The summed E-state index contributed by atoms with van der Waals surface area (Å²) in [5.74, 6) is -0.176. The molecule has 0 aromatic heterocycles. The first-order valence-electron chi connectivity index (χ1n) is 7.87. The molecule has 2 aromatic rings. The summed E-state index contributed by atoms with van der Waals surface area (Å²) >= 11 is 0. The van der Waals surface area contributed by atoms with Crippen molar-refractivity contribution >= 4 is 18.3 Å². The number of aliphatic hydroxyl groups excluding tert-OH is 1. The summed E-state index contributed by atoms with van der Waals surface area (Å²) in [5, 5.41) is 10.4. The van der Waals surface area contributed by atoms with Crippen LogP contribution in [0, 0.1) is 6.92 Å². The SMILES string of the molecule is CCN(CC(O)c1ccc(C)cc1)C(=O)C(N)c1ccccc1.Cl. The van der Waals surface area contributed by atoms with E-state index in [1.165, 1.54) is 0 Å². The highest BCUT2D eigenvalue weighted by molar-refractivity contribution is 5.85. The van der Waals surface area contributed by atoms with E-state index in [1.54, 1.807) is 4.90 Å². The van der Waals surface area contributed by atoms with Crippen molar-refractivity contribution in [2.45, 2.75) is 26.0 Å². The second kappa shape index (κ2) is 9.42. The molecule has 0 fully saturated rings. The molecular weight excluding hydrogens is 324 g/mol. The Labute approximate surface area is 149 Å². The first kappa shape index (κ1) is 20.2. The molecule has 2 rings (SSSR count). The van der Waals surface area contributed by atoms with Gasteiger partial charge in [-0.15, -0.1) is 12.4 Å². The topological polar surface area (TPSA) is 66.6 Å². The predicted octanol–water partition coefficient (Wildman–Crippen LogP) is 3.00. The van der Waals surface area contributed by atoms with Gasteiger partial charge in [-0.1, -0.05) is 60.2 Å². The molecule has 130 valence electrons. The number of amides is 1. The standard InChI is InChI=1S/C19H24N2O2.ClH/c1-3-21(13-17(22)15-11-9-14(2)10-12-15)19(23)18(20)16-7-5-4-6-8-16;/h4-12,17-18,22H,3,13,20H2,1-2H3;1H. The van der Waals surface area contributed by atoms with E-state index in [9.17, 15) is 9.90 Å². The third kappa shape index (κ3) is 5.06. The fraction of sp³-hybridized carbons (Fsp3) is 0.316. The molecule has 0 saturated heterocycles. The van der Waals surface area contributed by atoms with Gasteiger partial charge in [0, 0.05) is 6.54 Å². The van der Waals surface area contributed by atoms with Crippen LogP contribution in [0.1, 0.15) is 35.8 Å². The van der Waals surface area contributed by atoms with Crippen molar-refractivity contribution in [3.63, 3.8) is 0 Å². The van der Waals surface area contributed by atoms with Crippen LogP contribution in [0.3, 0.4) is 0 Å². The number of nitrogens with two attached hydrogens (primary N) is 1. The highest BCUT2D eigenvalue weighted by Crippen LogP contribution is 2.18. The number of halogens is 1. The number of aliphatic hydroxyl groups is 1. The van der Waals surface area contributed by atoms with Crippen LogP contribution in [0.5, 0.6) is 0 Å². The number of nitrogens with zero attached hydrogens (tertiary/aromatic N) is 1. The maximum Gasteiger partial charge on any atom is 0.244 e. The lowest BCUT2D eigenvalue weighted by Crippen LogP contribution is -2.40. The first-order chi connectivity index (χ1) is 11.0. The Morgan fingerprint density at radius 1 is 1.08 bits per heavy atom. The van der Waals surface area contributed by atoms with Crippen LogP contribution >= 0.6 is 12.4 Å². The molecule has 0 aliphatic heterocycles. The van der Waals surface area contributed by atoms with E-state index in [1.807, 2.05) is 68.4 Å². The van der Waals surface area contributed by atoms with Crippen molar-refractivity contribution in [2.24, 2.45) is 5.73 Å². The van der Waals surface area contributed by atoms with Gasteiger partial charge >= 0.3 is 0 Å². The number of aryl methyl sites for hydroxylation is 1. The maximum absolute atomic E-state index is 12.6. The lowest BCUT2D eigenvalue weighted by Gasteiger charge is -2.27. The first-order valence-corrected chi connectivity index (χ1v) is 7.87. The minimum Gasteiger partial charge on any atom is -0.387 e. The van der Waals surface area contributed by atoms with Gasteiger partial charge in [0.2, 0.25) is 5.91 Å². The molecule has 2 aromatic carbocycles. The smallest absolute Gasteiger partial charge is 0.244 e. The molecule has 3 N–H and O–H groups in total. The normalized spacial score (nSPS) is 12.8. The second-order valence-corrected chi connectivity index (χ2v) is 5.69. The van der Waals surface area contributed by atoms with Crippen LogP contribution in [-0.2, 0) is 4.79 Å². The molecule has 0 bridgehead atoms. The molecule has 0 aliphatic carbocycles. The van der Waals surface area contributed by atoms with Gasteiger partial charge in [-0.2, -0.15) is 0 Å². The van der Waals surface area contributed by atoms with Gasteiger partial charge in [0.05, 0.1) is 12.6 Å². The zero-order chi connectivity index (χ0) is 16.8. The van der Waals surface area contributed by atoms with Crippen molar-refractivity contribution in [1.82, 2.24) is 4.90 Å². The summed E-state index contributed by atoms with van der Waals surface area (Å²) in [7, 11) is 0. The number of rotatable bonds is 6. The third-order valence-corrected chi connectivity index (χ3v) is 3.97. The van der Waals surface area contributed by atoms with Crippen LogP contribution in [0.4, 0.5) is 0 Å². The largest absolute Gasteiger partial charge is 0.387 e. The van der Waals surface area contributed by atoms with Crippen molar-refractivity contribution < 1.29 is 9.90 Å². The Kier molecular flexibility index (Phi) is 7.92. The Bertz CT molecular complexity index is 632. The van der Waals surface area contributed by atoms with Crippen molar-refractivity contribution in [2.75, 3.05) is 13.1 Å². The van der Waals surface area contributed by atoms with Gasteiger partial charge in [0.25, 0.3) is 0 Å². The number of hydrogen-bond donors (Lipinski definition) is 2. The maximum atomic E-state index is 12.6.